The van der Waals surface area contributed by atoms with Crippen molar-refractivity contribution in [2.24, 2.45) is 0 Å². The van der Waals surface area contributed by atoms with E-state index in [9.17, 15) is 0 Å². The van der Waals surface area contributed by atoms with Gasteiger partial charge in [-0.1, -0.05) is 212 Å². The molecule has 0 radical (unpaired) electrons. The van der Waals surface area contributed by atoms with Crippen LogP contribution in [0.5, 0.6) is 0 Å². The maximum absolute atomic E-state index is 5.56. The molecule has 6 heterocycles. The third-order valence-corrected chi connectivity index (χ3v) is 16.8. The van der Waals surface area contributed by atoms with Gasteiger partial charge < -0.3 is 0 Å². The van der Waals surface area contributed by atoms with Crippen LogP contribution in [0.4, 0.5) is 0 Å². The largest absolute Gasteiger partial charge is 0.294 e. The van der Waals surface area contributed by atoms with Crippen molar-refractivity contribution in [3.8, 4) is 67.8 Å². The number of hydrogen-bond donors (Lipinski definition) is 0. The van der Waals surface area contributed by atoms with Crippen LogP contribution in [0.2, 0.25) is 0 Å². The molecule has 0 aliphatic heterocycles. The summed E-state index contributed by atoms with van der Waals surface area (Å²) in [7, 11) is 0. The van der Waals surface area contributed by atoms with Gasteiger partial charge in [0, 0.05) is 43.1 Å². The molecule has 6 heteroatoms. The fraction of sp³-hybridized carbons (Fsp3) is 0. The maximum Gasteiger partial charge on any atom is 0.140 e. The van der Waals surface area contributed by atoms with E-state index in [2.05, 4.69) is 309 Å². The Morgan fingerprint density at radius 3 is 0.573 bits per heavy atom. The minimum absolute atomic E-state index is 0.866. The summed E-state index contributed by atoms with van der Waals surface area (Å²) in [6.07, 6.45) is 0. The highest BCUT2D eigenvalue weighted by atomic mass is 15.1. The summed E-state index contributed by atoms with van der Waals surface area (Å²) >= 11 is 0. The van der Waals surface area contributed by atoms with Crippen LogP contribution >= 0.6 is 0 Å². The molecule has 0 atom stereocenters. The van der Waals surface area contributed by atoms with E-state index in [-0.39, 0.29) is 0 Å². The first kappa shape index (κ1) is 45.9. The molecular weight excluding hydrogens is 997 g/mol. The fourth-order valence-electron chi connectivity index (χ4n) is 13.1. The smallest absolute Gasteiger partial charge is 0.140 e. The molecule has 17 aromatic rings. The average Bonchev–Trinajstić information content (AvgIpc) is 4.43. The minimum Gasteiger partial charge on any atom is -0.294 e. The summed E-state index contributed by atoms with van der Waals surface area (Å²) < 4.78 is 9.29. The van der Waals surface area contributed by atoms with Gasteiger partial charge in [-0.2, -0.15) is 0 Å². The molecule has 82 heavy (non-hydrogen) atoms. The van der Waals surface area contributed by atoms with Crippen LogP contribution in [-0.2, 0) is 0 Å². The van der Waals surface area contributed by atoms with Gasteiger partial charge >= 0.3 is 0 Å². The number of para-hydroxylation sites is 8. The molecule has 0 aliphatic rings. The van der Waals surface area contributed by atoms with Crippen LogP contribution in [0, 0.1) is 0 Å². The molecule has 6 aromatic heterocycles. The molecule has 0 saturated carbocycles. The summed E-state index contributed by atoms with van der Waals surface area (Å²) in [6.45, 7) is 0. The van der Waals surface area contributed by atoms with Crippen LogP contribution in [0.15, 0.2) is 291 Å². The van der Waals surface area contributed by atoms with Gasteiger partial charge in [0.1, 0.15) is 23.3 Å². The van der Waals surface area contributed by atoms with Crippen molar-refractivity contribution in [1.29, 1.82) is 0 Å². The maximum atomic E-state index is 5.56. The molecule has 0 amide bonds. The number of fused-ring (bicyclic) bond motifs is 12. The Kier molecular flexibility index (Phi) is 10.2. The molecule has 6 nitrogen and oxygen atoms in total. The van der Waals surface area contributed by atoms with E-state index in [1.807, 2.05) is 0 Å². The summed E-state index contributed by atoms with van der Waals surface area (Å²) in [5.74, 6) is 3.47. The quantitative estimate of drug-likeness (QED) is 0.152. The van der Waals surface area contributed by atoms with Gasteiger partial charge in [0.15, 0.2) is 0 Å². The van der Waals surface area contributed by atoms with E-state index in [4.69, 9.17) is 9.97 Å². The highest BCUT2D eigenvalue weighted by Gasteiger charge is 2.21. The normalized spacial score (nSPS) is 11.9. The zero-order valence-corrected chi connectivity index (χ0v) is 44.4. The molecule has 11 aromatic carbocycles. The predicted octanol–water partition coefficient (Wildman–Crippen LogP) is 19.5. The summed E-state index contributed by atoms with van der Waals surface area (Å²) in [5, 5.41) is 9.63. The summed E-state index contributed by atoms with van der Waals surface area (Å²) in [5.41, 5.74) is 18.0. The van der Waals surface area contributed by atoms with Crippen molar-refractivity contribution in [3.63, 3.8) is 0 Å². The number of rotatable bonds is 8. The second-order valence-corrected chi connectivity index (χ2v) is 21.4. The number of aromatic nitrogens is 6. The molecule has 0 unspecified atom stereocenters. The lowest BCUT2D eigenvalue weighted by atomic mass is 9.96. The standard InChI is InChI=1S/C76H48N6/c1-9-28-65-57(20-1)58-21-2-10-29-66(58)79(65)73-45-55(46-74(77-73)80-67-30-11-3-22-59(67)60-23-4-12-31-68(60)80)51-40-36-49(37-41-51)53-18-17-19-54(44-53)50-38-42-52(43-39-50)56-47-75(81-69-32-13-5-24-61(69)62-25-6-14-33-70(62)81)78-76(48-56)82-71-34-15-7-26-63(71)64-27-8-16-35-72(64)82/h1-48H. The molecule has 0 N–H and O–H groups in total. The van der Waals surface area contributed by atoms with Gasteiger partial charge in [-0.25, -0.2) is 9.97 Å². The monoisotopic (exact) mass is 1040 g/mol. The van der Waals surface area contributed by atoms with Crippen molar-refractivity contribution in [2.45, 2.75) is 0 Å². The average molecular weight is 1050 g/mol. The number of benzene rings is 11. The topological polar surface area (TPSA) is 45.5 Å². The van der Waals surface area contributed by atoms with Gasteiger partial charge in [0.2, 0.25) is 0 Å². The SMILES string of the molecule is c1cc(-c2ccc(-c3cc(-n4c5ccccc5c5ccccc54)nc(-n4c5ccccc5c5ccccc54)c3)cc2)cc(-c2ccc(-c3cc(-n4c5ccccc5c5ccccc54)nc(-n4c5ccccc5c5ccccc54)c3)cc2)c1. The first-order chi connectivity index (χ1) is 40.7. The second-order valence-electron chi connectivity index (χ2n) is 21.4. The van der Waals surface area contributed by atoms with Gasteiger partial charge in [-0.05, 0) is 123 Å². The van der Waals surface area contributed by atoms with Gasteiger partial charge in [0.25, 0.3) is 0 Å². The summed E-state index contributed by atoms with van der Waals surface area (Å²) in [4.78, 5) is 11.1. The van der Waals surface area contributed by atoms with E-state index in [0.717, 1.165) is 112 Å². The number of pyridine rings is 2. The highest BCUT2D eigenvalue weighted by Crippen LogP contribution is 2.40. The first-order valence-corrected chi connectivity index (χ1v) is 28.0. The van der Waals surface area contributed by atoms with Crippen molar-refractivity contribution in [1.82, 2.24) is 28.2 Å². The van der Waals surface area contributed by atoms with Crippen LogP contribution < -0.4 is 0 Å². The van der Waals surface area contributed by atoms with E-state index in [1.165, 1.54) is 43.1 Å². The van der Waals surface area contributed by atoms with Gasteiger partial charge in [-0.3, -0.25) is 18.3 Å². The second kappa shape index (κ2) is 18.2. The van der Waals surface area contributed by atoms with Crippen LogP contribution in [0.3, 0.4) is 0 Å². The van der Waals surface area contributed by atoms with E-state index in [0.29, 0.717) is 0 Å². The van der Waals surface area contributed by atoms with Crippen molar-refractivity contribution >= 4 is 87.2 Å². The molecule has 0 bridgehead atoms. The van der Waals surface area contributed by atoms with Crippen LogP contribution in [-0.4, -0.2) is 28.2 Å². The lowest BCUT2D eigenvalue weighted by molar-refractivity contribution is 1.01. The van der Waals surface area contributed by atoms with E-state index in [1.54, 1.807) is 0 Å². The first-order valence-electron chi connectivity index (χ1n) is 28.0. The molecular formula is C76H48N6. The zero-order valence-electron chi connectivity index (χ0n) is 44.4. The van der Waals surface area contributed by atoms with Crippen LogP contribution in [0.1, 0.15) is 0 Å². The Morgan fingerprint density at radius 1 is 0.159 bits per heavy atom. The molecule has 0 aliphatic carbocycles. The number of hydrogen-bond acceptors (Lipinski definition) is 2. The van der Waals surface area contributed by atoms with Crippen LogP contribution in [0.25, 0.3) is 155 Å². The fourth-order valence-corrected chi connectivity index (χ4v) is 13.1. The third-order valence-electron chi connectivity index (χ3n) is 16.8. The number of nitrogens with zero attached hydrogens (tertiary/aromatic N) is 6. The molecule has 0 spiro atoms. The minimum atomic E-state index is 0.866. The molecule has 17 rings (SSSR count). The van der Waals surface area contributed by atoms with E-state index < -0.39 is 0 Å². The highest BCUT2D eigenvalue weighted by molar-refractivity contribution is 6.12. The lowest BCUT2D eigenvalue weighted by Gasteiger charge is -2.15. The summed E-state index contributed by atoms with van der Waals surface area (Å²) in [6, 6.07) is 105. The Hall–Kier alpha value is -11.1. The van der Waals surface area contributed by atoms with Crippen molar-refractivity contribution in [2.75, 3.05) is 0 Å². The Balaban J connectivity index is 0.751. The predicted molar refractivity (Wildman–Crippen MR) is 341 cm³/mol. The third kappa shape index (κ3) is 7.15. The Bertz CT molecular complexity index is 4590. The van der Waals surface area contributed by atoms with Gasteiger partial charge in [-0.15, -0.1) is 0 Å². The van der Waals surface area contributed by atoms with Crippen molar-refractivity contribution in [3.05, 3.63) is 291 Å². The lowest BCUT2D eigenvalue weighted by Crippen LogP contribution is -2.04. The molecule has 0 fully saturated rings. The zero-order chi connectivity index (χ0) is 53.8. The van der Waals surface area contributed by atoms with E-state index >= 15 is 0 Å². The van der Waals surface area contributed by atoms with Crippen molar-refractivity contribution < 1.29 is 0 Å². The molecule has 382 valence electrons. The Morgan fingerprint density at radius 2 is 0.354 bits per heavy atom. The molecule has 0 saturated heterocycles. The Labute approximate surface area is 471 Å². The van der Waals surface area contributed by atoms with Gasteiger partial charge in [0.05, 0.1) is 44.1 Å².